The van der Waals surface area contributed by atoms with Crippen LogP contribution >= 0.6 is 0 Å². The lowest BCUT2D eigenvalue weighted by Crippen LogP contribution is -2.34. The monoisotopic (exact) mass is 1150 g/mol. The topological polar surface area (TPSA) is 137 Å². The second-order valence-corrected chi connectivity index (χ2v) is 22.3. The third-order valence-electron chi connectivity index (χ3n) is 17.9. The molecule has 4 aliphatic rings. The average Bonchev–Trinajstić information content (AvgIpc) is 1.45. The minimum absolute atomic E-state index is 0.132. The van der Waals surface area contributed by atoms with Crippen molar-refractivity contribution in [2.45, 2.75) is 92.3 Å². The zero-order valence-corrected chi connectivity index (χ0v) is 50.3. The summed E-state index contributed by atoms with van der Waals surface area (Å²) in [5, 5.41) is 0. The zero-order chi connectivity index (χ0) is 60.4. The molecule has 2 atom stereocenters. The highest BCUT2D eigenvalue weighted by Crippen LogP contribution is 2.60. The number of fused-ring (bicyclic) bond motifs is 12. The Morgan fingerprint density at radius 3 is 1.16 bits per heavy atom. The van der Waals surface area contributed by atoms with E-state index in [1.165, 1.54) is 0 Å². The molecular formula is C72H70N4O10. The van der Waals surface area contributed by atoms with Gasteiger partial charge in [-0.1, -0.05) is 74.5 Å². The van der Waals surface area contributed by atoms with E-state index in [-0.39, 0.29) is 13.2 Å². The Morgan fingerprint density at radius 1 is 0.442 bits per heavy atom. The van der Waals surface area contributed by atoms with Crippen LogP contribution in [0.2, 0.25) is 0 Å². The van der Waals surface area contributed by atoms with E-state index in [1.807, 2.05) is 159 Å². The van der Waals surface area contributed by atoms with Crippen molar-refractivity contribution in [2.24, 2.45) is 0 Å². The Hall–Kier alpha value is -9.56. The van der Waals surface area contributed by atoms with Crippen molar-refractivity contribution in [3.63, 3.8) is 0 Å². The van der Waals surface area contributed by atoms with Gasteiger partial charge in [-0.15, -0.1) is 0 Å². The number of carbonyl (C=O) groups excluding carboxylic acids is 4. The molecule has 86 heavy (non-hydrogen) atoms. The van der Waals surface area contributed by atoms with Crippen LogP contribution in [0.3, 0.4) is 0 Å². The minimum Gasteiger partial charge on any atom is -0.456 e. The molecule has 0 saturated carbocycles. The number of hydrogen-bond acceptors (Lipinski definition) is 12. The summed E-state index contributed by atoms with van der Waals surface area (Å²) in [5.41, 5.74) is 9.07. The summed E-state index contributed by atoms with van der Waals surface area (Å²) in [6.07, 6.45) is -0.465. The first kappa shape index (κ1) is 56.9. The molecule has 2 unspecified atom stereocenters. The maximum absolute atomic E-state index is 14.5. The van der Waals surface area contributed by atoms with Gasteiger partial charge in [0.25, 0.3) is 0 Å². The number of ether oxygens (including phenoxy) is 6. The Labute approximate surface area is 502 Å². The zero-order valence-electron chi connectivity index (χ0n) is 50.3. The lowest BCUT2D eigenvalue weighted by Gasteiger charge is -2.38. The number of benzene rings is 8. The van der Waals surface area contributed by atoms with Crippen LogP contribution in [0.5, 0.6) is 23.0 Å². The predicted octanol–water partition coefficient (Wildman–Crippen LogP) is 16.4. The summed E-state index contributed by atoms with van der Waals surface area (Å²) in [4.78, 5) is 64.4. The fourth-order valence-corrected chi connectivity index (χ4v) is 13.2. The second-order valence-electron chi connectivity index (χ2n) is 22.3. The second kappa shape index (κ2) is 22.1. The van der Waals surface area contributed by atoms with Crippen molar-refractivity contribution < 1.29 is 47.6 Å². The SMILES string of the molecule is CCOC(=O)N(c1ccc(C(C)(CC)c2ccc(N(C(=O)OCC)c3cc4c(cc3C)Oc3cc(N(CC)CC)ccc3C43OC(=O)c4ccccc43)cc2)cc1)c1cc2c(cc1C)Oc1cc(N(CC)CC)ccc1C21OC(=O)c2ccccc21. The molecule has 0 bridgehead atoms. The number of amides is 2. The Kier molecular flexibility index (Phi) is 14.6. The third kappa shape index (κ3) is 8.81. The summed E-state index contributed by atoms with van der Waals surface area (Å²) in [5.74, 6) is 1.27. The standard InChI is InChI=1S/C72H70N4O10/c1-11-70(10,46-26-30-48(31-27-46)75(68(79)81-16-6)60-42-58-62(38-44(60)8)83-64-40-50(73(12-2)13-3)34-36-56(64)71(58)54-24-20-18-22-52(54)66(77)85-71)47-28-32-49(33-29-47)76(69(80)82-17-7)61-43-59-63(39-45(61)9)84-65-41-51(74(14-4)15-5)35-37-57(65)72(59)55-25-21-19-23-53(55)67(78)86-72/h18-43H,11-17H2,1-10H3. The van der Waals surface area contributed by atoms with Crippen molar-refractivity contribution in [2.75, 3.05) is 59.0 Å². The van der Waals surface area contributed by atoms with Crippen molar-refractivity contribution in [1.82, 2.24) is 0 Å². The van der Waals surface area contributed by atoms with Gasteiger partial charge in [0.1, 0.15) is 23.0 Å². The highest BCUT2D eigenvalue weighted by Gasteiger charge is 2.56. The van der Waals surface area contributed by atoms with E-state index in [4.69, 9.17) is 28.4 Å². The van der Waals surface area contributed by atoms with Crippen LogP contribution in [-0.4, -0.2) is 63.5 Å². The molecular weight excluding hydrogens is 1080 g/mol. The molecule has 0 aliphatic carbocycles. The maximum Gasteiger partial charge on any atom is 0.418 e. The van der Waals surface area contributed by atoms with Crippen molar-refractivity contribution in [3.05, 3.63) is 224 Å². The number of rotatable bonds is 15. The first-order chi connectivity index (χ1) is 41.6. The molecule has 0 N–H and O–H groups in total. The van der Waals surface area contributed by atoms with Crippen LogP contribution < -0.4 is 29.1 Å². The van der Waals surface area contributed by atoms with Gasteiger partial charge in [0, 0.05) is 88.5 Å². The van der Waals surface area contributed by atoms with Gasteiger partial charge >= 0.3 is 24.1 Å². The van der Waals surface area contributed by atoms with Gasteiger partial charge in [0.2, 0.25) is 0 Å². The molecule has 14 nitrogen and oxygen atoms in total. The number of carbonyl (C=O) groups is 4. The van der Waals surface area contributed by atoms with Crippen LogP contribution in [0.4, 0.5) is 43.7 Å². The molecule has 438 valence electrons. The minimum atomic E-state index is -1.38. The van der Waals surface area contributed by atoms with Gasteiger partial charge < -0.3 is 38.2 Å². The fourth-order valence-electron chi connectivity index (χ4n) is 13.2. The number of aryl methyl sites for hydroxylation is 2. The number of nitrogens with zero attached hydrogens (tertiary/aromatic N) is 4. The van der Waals surface area contributed by atoms with Crippen molar-refractivity contribution in [3.8, 4) is 23.0 Å². The molecule has 4 heterocycles. The van der Waals surface area contributed by atoms with Gasteiger partial charge in [-0.25, -0.2) is 29.0 Å². The van der Waals surface area contributed by atoms with E-state index >= 15 is 0 Å². The molecule has 2 spiro atoms. The van der Waals surface area contributed by atoms with Crippen molar-refractivity contribution in [1.29, 1.82) is 0 Å². The quantitative estimate of drug-likeness (QED) is 0.0714. The molecule has 0 saturated heterocycles. The number of hydrogen-bond donors (Lipinski definition) is 0. The Balaban J connectivity index is 0.901. The van der Waals surface area contributed by atoms with Gasteiger partial charge in [-0.05, 0) is 169 Å². The Morgan fingerprint density at radius 2 is 0.802 bits per heavy atom. The summed E-state index contributed by atoms with van der Waals surface area (Å²) in [7, 11) is 0. The fraction of sp³-hybridized carbons (Fsp3) is 0.278. The van der Waals surface area contributed by atoms with Gasteiger partial charge in [-0.3, -0.25) is 0 Å². The van der Waals surface area contributed by atoms with E-state index in [0.29, 0.717) is 96.7 Å². The van der Waals surface area contributed by atoms with Crippen molar-refractivity contribution >= 4 is 58.2 Å². The predicted molar refractivity (Wildman–Crippen MR) is 334 cm³/mol. The lowest BCUT2D eigenvalue weighted by molar-refractivity contribution is 0.0214. The maximum atomic E-state index is 14.5. The highest BCUT2D eigenvalue weighted by atomic mass is 16.6. The highest BCUT2D eigenvalue weighted by molar-refractivity contribution is 6.01. The molecule has 14 heteroatoms. The summed E-state index contributed by atoms with van der Waals surface area (Å²) >= 11 is 0. The number of anilines is 6. The first-order valence-electron chi connectivity index (χ1n) is 29.9. The average molecular weight is 1150 g/mol. The normalized spacial score (nSPS) is 17.0. The summed E-state index contributed by atoms with van der Waals surface area (Å²) in [6.45, 7) is 23.6. The third-order valence-corrected chi connectivity index (χ3v) is 17.9. The lowest BCUT2D eigenvalue weighted by atomic mass is 9.74. The van der Waals surface area contributed by atoms with Gasteiger partial charge in [0.15, 0.2) is 11.2 Å². The van der Waals surface area contributed by atoms with E-state index in [9.17, 15) is 19.2 Å². The summed E-state index contributed by atoms with van der Waals surface area (Å²) in [6, 6.07) is 50.3. The smallest absolute Gasteiger partial charge is 0.418 e. The number of esters is 2. The molecule has 4 aliphatic heterocycles. The molecule has 0 radical (unpaired) electrons. The van der Waals surface area contributed by atoms with Crippen LogP contribution in [0.25, 0.3) is 0 Å². The Bertz CT molecular complexity index is 3770. The summed E-state index contributed by atoms with van der Waals surface area (Å²) < 4.78 is 38.4. The van der Waals surface area contributed by atoms with Gasteiger partial charge in [-0.2, -0.15) is 0 Å². The van der Waals surface area contributed by atoms with Crippen LogP contribution in [0.1, 0.15) is 138 Å². The first-order valence-corrected chi connectivity index (χ1v) is 29.9. The van der Waals surface area contributed by atoms with E-state index in [2.05, 4.69) is 51.3 Å². The molecule has 12 rings (SSSR count). The van der Waals surface area contributed by atoms with E-state index in [0.717, 1.165) is 59.8 Å². The molecule has 8 aromatic rings. The van der Waals surface area contributed by atoms with E-state index in [1.54, 1.807) is 35.8 Å². The molecule has 0 fully saturated rings. The van der Waals surface area contributed by atoms with Crippen LogP contribution in [0.15, 0.2) is 158 Å². The van der Waals surface area contributed by atoms with Crippen LogP contribution in [-0.2, 0) is 35.6 Å². The molecule has 8 aromatic carbocycles. The molecule has 2 amide bonds. The van der Waals surface area contributed by atoms with Gasteiger partial charge in [0.05, 0.1) is 47.1 Å². The largest absolute Gasteiger partial charge is 0.456 e. The van der Waals surface area contributed by atoms with E-state index < -0.39 is 40.7 Å². The molecule has 0 aromatic heterocycles. The van der Waals surface area contributed by atoms with Crippen LogP contribution in [0, 0.1) is 13.8 Å².